The molecule has 1 heterocycles. The van der Waals surface area contributed by atoms with E-state index in [0.29, 0.717) is 35.4 Å². The van der Waals surface area contributed by atoms with E-state index < -0.39 is 11.7 Å². The third-order valence-corrected chi connectivity index (χ3v) is 11.1. The Kier molecular flexibility index (Phi) is 5.03. The lowest BCUT2D eigenvalue weighted by atomic mass is 9.44. The Hall–Kier alpha value is -0.410. The number of carbonyl (C=O) groups is 1. The van der Waals surface area contributed by atoms with Gasteiger partial charge in [-0.15, -0.1) is 0 Å². The minimum absolute atomic E-state index is 0.0564. The number of Topliss-reactive ketones (excluding diaryl/α,β-unsaturated/α-hetero) is 1. The Morgan fingerprint density at radius 1 is 1.03 bits per heavy atom. The molecule has 4 aliphatic carbocycles. The molecule has 3 nitrogen and oxygen atoms in total. The first kappa shape index (κ1) is 21.4. The second kappa shape index (κ2) is 7.04. The molecule has 170 valence electrons. The highest BCUT2D eigenvalue weighted by molar-refractivity contribution is 5.93. The Morgan fingerprint density at radius 2 is 1.80 bits per heavy atom. The summed E-state index contributed by atoms with van der Waals surface area (Å²) in [6, 6.07) is 0. The standard InChI is InChI=1S/C27H44O3/c1-16(2)7-6-8-17(3)19-9-10-20-18-15-23(29)27-24(30-27)22(28)12-14-26(27,5)21(18)11-13-25(19,20)4/h16-22,24,28H,6-15H2,1-5H3/t17-,18+,19-,20+,21+,22-,24-,25-,26-,27-/m1/s1. The Labute approximate surface area is 183 Å². The van der Waals surface area contributed by atoms with Crippen LogP contribution in [-0.4, -0.2) is 28.7 Å². The molecule has 1 saturated heterocycles. The molecule has 4 saturated carbocycles. The van der Waals surface area contributed by atoms with Gasteiger partial charge in [0, 0.05) is 11.8 Å². The van der Waals surface area contributed by atoms with Gasteiger partial charge in [0.1, 0.15) is 6.10 Å². The van der Waals surface area contributed by atoms with E-state index in [4.69, 9.17) is 4.74 Å². The summed E-state index contributed by atoms with van der Waals surface area (Å²) in [6.07, 6.45) is 11.2. The van der Waals surface area contributed by atoms with Gasteiger partial charge in [0.25, 0.3) is 0 Å². The van der Waals surface area contributed by atoms with Gasteiger partial charge in [-0.1, -0.05) is 53.9 Å². The molecule has 1 N–H and O–H groups in total. The first-order valence-electron chi connectivity index (χ1n) is 13.0. The molecule has 5 rings (SSSR count). The molecule has 0 aromatic rings. The topological polar surface area (TPSA) is 49.8 Å². The van der Waals surface area contributed by atoms with Crippen LogP contribution in [0.15, 0.2) is 0 Å². The van der Waals surface area contributed by atoms with E-state index in [1.807, 2.05) is 0 Å². The molecule has 30 heavy (non-hydrogen) atoms. The summed E-state index contributed by atoms with van der Waals surface area (Å²) in [6.45, 7) is 12.1. The number of hydrogen-bond acceptors (Lipinski definition) is 3. The van der Waals surface area contributed by atoms with Crippen LogP contribution < -0.4 is 0 Å². The lowest BCUT2D eigenvalue weighted by molar-refractivity contribution is -0.157. The molecule has 5 aliphatic rings. The van der Waals surface area contributed by atoms with Gasteiger partial charge in [-0.3, -0.25) is 4.79 Å². The third-order valence-electron chi connectivity index (χ3n) is 11.1. The molecule has 0 bridgehead atoms. The zero-order valence-corrected chi connectivity index (χ0v) is 20.0. The molecular weight excluding hydrogens is 372 g/mol. The van der Waals surface area contributed by atoms with Gasteiger partial charge in [-0.25, -0.2) is 0 Å². The van der Waals surface area contributed by atoms with E-state index in [0.717, 1.165) is 30.6 Å². The van der Waals surface area contributed by atoms with Crippen molar-refractivity contribution in [2.45, 2.75) is 117 Å². The van der Waals surface area contributed by atoms with Gasteiger partial charge >= 0.3 is 0 Å². The molecule has 3 heteroatoms. The number of aliphatic hydroxyl groups excluding tert-OH is 1. The third kappa shape index (κ3) is 2.73. The second-order valence-corrected chi connectivity index (χ2v) is 12.8. The van der Waals surface area contributed by atoms with Crippen LogP contribution in [-0.2, 0) is 9.53 Å². The van der Waals surface area contributed by atoms with E-state index in [1.54, 1.807) is 0 Å². The van der Waals surface area contributed by atoms with E-state index in [2.05, 4.69) is 34.6 Å². The zero-order valence-electron chi connectivity index (χ0n) is 20.0. The molecular formula is C27H44O3. The van der Waals surface area contributed by atoms with E-state index >= 15 is 0 Å². The number of carbonyl (C=O) groups excluding carboxylic acids is 1. The number of hydrogen-bond donors (Lipinski definition) is 1. The number of ketones is 1. The maximum Gasteiger partial charge on any atom is 0.168 e. The van der Waals surface area contributed by atoms with E-state index in [9.17, 15) is 9.90 Å². The van der Waals surface area contributed by atoms with Crippen molar-refractivity contribution in [3.8, 4) is 0 Å². The largest absolute Gasteiger partial charge is 0.390 e. The summed E-state index contributed by atoms with van der Waals surface area (Å²) in [5.41, 5.74) is -0.279. The summed E-state index contributed by atoms with van der Waals surface area (Å²) in [5.74, 6) is 4.61. The molecule has 0 amide bonds. The number of rotatable bonds is 5. The predicted octanol–water partition coefficient (Wildman–Crippen LogP) is 5.78. The van der Waals surface area contributed by atoms with Crippen molar-refractivity contribution in [1.29, 1.82) is 0 Å². The lowest BCUT2D eigenvalue weighted by Gasteiger charge is -2.59. The Morgan fingerprint density at radius 3 is 2.53 bits per heavy atom. The maximum absolute atomic E-state index is 13.5. The predicted molar refractivity (Wildman–Crippen MR) is 119 cm³/mol. The highest BCUT2D eigenvalue weighted by Gasteiger charge is 2.80. The number of fused-ring (bicyclic) bond motifs is 4. The highest BCUT2D eigenvalue weighted by atomic mass is 16.6. The summed E-state index contributed by atoms with van der Waals surface area (Å²) >= 11 is 0. The van der Waals surface area contributed by atoms with Crippen LogP contribution in [0, 0.1) is 46.3 Å². The normalized spacial score (nSPS) is 53.0. The molecule has 0 radical (unpaired) electrons. The molecule has 0 aromatic heterocycles. The first-order valence-corrected chi connectivity index (χ1v) is 13.0. The first-order chi connectivity index (χ1) is 14.1. The van der Waals surface area contributed by atoms with Crippen LogP contribution in [0.25, 0.3) is 0 Å². The molecule has 0 unspecified atom stereocenters. The molecule has 10 atom stereocenters. The van der Waals surface area contributed by atoms with Crippen LogP contribution in [0.3, 0.4) is 0 Å². The van der Waals surface area contributed by atoms with Crippen LogP contribution in [0.1, 0.15) is 98.8 Å². The molecule has 1 spiro atoms. The van der Waals surface area contributed by atoms with Crippen LogP contribution in [0.2, 0.25) is 0 Å². The molecule has 5 fully saturated rings. The van der Waals surface area contributed by atoms with Crippen LogP contribution in [0.4, 0.5) is 0 Å². The minimum Gasteiger partial charge on any atom is -0.390 e. The minimum atomic E-state index is -0.637. The van der Waals surface area contributed by atoms with Gasteiger partial charge in [0.2, 0.25) is 0 Å². The van der Waals surface area contributed by atoms with Gasteiger partial charge in [0.05, 0.1) is 6.10 Å². The second-order valence-electron chi connectivity index (χ2n) is 12.8. The van der Waals surface area contributed by atoms with E-state index in [1.165, 1.54) is 44.9 Å². The number of aliphatic hydroxyl groups is 1. The summed E-state index contributed by atoms with van der Waals surface area (Å²) in [5, 5.41) is 10.4. The average Bonchev–Trinajstić information content (AvgIpc) is 3.36. The van der Waals surface area contributed by atoms with Crippen molar-refractivity contribution in [3.05, 3.63) is 0 Å². The lowest BCUT2D eigenvalue weighted by Crippen LogP contribution is -2.62. The van der Waals surface area contributed by atoms with E-state index in [-0.39, 0.29) is 11.5 Å². The maximum atomic E-state index is 13.5. The van der Waals surface area contributed by atoms with Gasteiger partial charge in [0.15, 0.2) is 11.4 Å². The van der Waals surface area contributed by atoms with Crippen molar-refractivity contribution in [3.63, 3.8) is 0 Å². The summed E-state index contributed by atoms with van der Waals surface area (Å²) in [7, 11) is 0. The zero-order chi connectivity index (χ0) is 21.5. The quantitative estimate of drug-likeness (QED) is 0.578. The SMILES string of the molecule is CC(C)CCC[C@@H](C)[C@H]1CC[C@H]2[C@@H]3CC(=O)[C@@]45O[C@@H]4[C@H](O)CC[C@]5(C)[C@H]3CC[C@]12C. The summed E-state index contributed by atoms with van der Waals surface area (Å²) < 4.78 is 6.11. The Bertz CT molecular complexity index is 702. The number of ether oxygens (including phenoxy) is 1. The highest BCUT2D eigenvalue weighted by Crippen LogP contribution is 2.72. The van der Waals surface area contributed by atoms with Crippen molar-refractivity contribution in [2.75, 3.05) is 0 Å². The fourth-order valence-electron chi connectivity index (χ4n) is 9.52. The monoisotopic (exact) mass is 416 g/mol. The van der Waals surface area contributed by atoms with Crippen LogP contribution >= 0.6 is 0 Å². The van der Waals surface area contributed by atoms with Crippen molar-refractivity contribution < 1.29 is 14.6 Å². The number of epoxide rings is 1. The fourth-order valence-corrected chi connectivity index (χ4v) is 9.52. The van der Waals surface area contributed by atoms with Crippen molar-refractivity contribution in [2.24, 2.45) is 46.3 Å². The smallest absolute Gasteiger partial charge is 0.168 e. The van der Waals surface area contributed by atoms with Crippen molar-refractivity contribution >= 4 is 5.78 Å². The Balaban J connectivity index is 1.36. The van der Waals surface area contributed by atoms with Gasteiger partial charge in [-0.2, -0.15) is 0 Å². The van der Waals surface area contributed by atoms with Crippen molar-refractivity contribution in [1.82, 2.24) is 0 Å². The molecule has 1 aliphatic heterocycles. The van der Waals surface area contributed by atoms with Gasteiger partial charge in [-0.05, 0) is 79.4 Å². The van der Waals surface area contributed by atoms with Gasteiger partial charge < -0.3 is 9.84 Å². The van der Waals surface area contributed by atoms with Crippen LogP contribution in [0.5, 0.6) is 0 Å². The fraction of sp³-hybridized carbons (Fsp3) is 0.963. The summed E-state index contributed by atoms with van der Waals surface area (Å²) in [4.78, 5) is 13.5. The average molecular weight is 417 g/mol. The molecule has 0 aromatic carbocycles.